The van der Waals surface area contributed by atoms with Crippen LogP contribution in [0.4, 0.5) is 28.0 Å². The number of carbonyl (C=O) groups excluding carboxylic acids is 2. The molecule has 14 heteroatoms. The third-order valence-corrected chi connectivity index (χ3v) is 10.8. The number of carbonyl (C=O) groups is 2. The molecule has 2 saturated heterocycles. The van der Waals surface area contributed by atoms with E-state index in [0.29, 0.717) is 24.5 Å². The Bertz CT molecular complexity index is 1780. The van der Waals surface area contributed by atoms with Gasteiger partial charge in [-0.2, -0.15) is 4.31 Å². The predicted molar refractivity (Wildman–Crippen MR) is 176 cm³/mol. The summed E-state index contributed by atoms with van der Waals surface area (Å²) in [4.78, 5) is 28.4. The normalized spacial score (nSPS) is 21.7. The highest BCUT2D eigenvalue weighted by molar-refractivity contribution is 7.89. The second-order valence-electron chi connectivity index (χ2n) is 13.5. The first-order valence-corrected chi connectivity index (χ1v) is 17.7. The highest BCUT2D eigenvalue weighted by Crippen LogP contribution is 2.33. The molecule has 2 heterocycles. The average Bonchev–Trinajstić information content (AvgIpc) is 3.13. The summed E-state index contributed by atoms with van der Waals surface area (Å²) in [5.74, 6) is -5.01. The average molecular weight is 705 g/mol. The first-order chi connectivity index (χ1) is 23.0. The predicted octanol–water partition coefficient (Wildman–Crippen LogP) is 5.69. The number of sulfonamides is 1. The van der Waals surface area contributed by atoms with Gasteiger partial charge in [0.05, 0.1) is 11.8 Å². The van der Waals surface area contributed by atoms with Gasteiger partial charge in [0.2, 0.25) is 15.9 Å². The number of nitrogens with two attached hydrogens (primary N) is 1. The van der Waals surface area contributed by atoms with Gasteiger partial charge in [-0.15, -0.1) is 0 Å². The van der Waals surface area contributed by atoms with Gasteiger partial charge >= 0.3 is 6.09 Å². The van der Waals surface area contributed by atoms with Gasteiger partial charge in [-0.25, -0.2) is 30.8 Å². The molecule has 49 heavy (non-hydrogen) atoms. The molecule has 0 saturated carbocycles. The first kappa shape index (κ1) is 36.3. The van der Waals surface area contributed by atoms with Crippen molar-refractivity contribution in [3.8, 4) is 0 Å². The van der Waals surface area contributed by atoms with Crippen molar-refractivity contribution in [1.82, 2.24) is 9.21 Å². The van der Waals surface area contributed by atoms with E-state index in [4.69, 9.17) is 10.5 Å². The lowest BCUT2D eigenvalue weighted by atomic mass is 9.84. The summed E-state index contributed by atoms with van der Waals surface area (Å²) in [7, 11) is -3.65. The van der Waals surface area contributed by atoms with Crippen LogP contribution in [0.5, 0.6) is 0 Å². The SMILES string of the molecule is CC(C)(C)OC(=O)N1CC(CCc2c(F)cccc2NC(=O)C(N)C(c2ccc(F)cc2)c2cc(F)cc(F)c2)N2CC1CCCS2(=O)=O. The zero-order valence-electron chi connectivity index (χ0n) is 27.5. The summed E-state index contributed by atoms with van der Waals surface area (Å²) in [5, 5.41) is 2.64. The molecule has 2 bridgehead atoms. The molecule has 5 unspecified atom stereocenters. The molecule has 2 amide bonds. The molecular formula is C35H40F4N4O5S. The Kier molecular flexibility index (Phi) is 10.7. The van der Waals surface area contributed by atoms with E-state index < -0.39 is 68.9 Å². The van der Waals surface area contributed by atoms with Crippen LogP contribution in [0, 0.1) is 23.3 Å². The van der Waals surface area contributed by atoms with E-state index in [-0.39, 0.29) is 54.5 Å². The molecule has 264 valence electrons. The van der Waals surface area contributed by atoms with Crippen molar-refractivity contribution < 1.29 is 40.3 Å². The number of anilines is 1. The number of hydrogen-bond donors (Lipinski definition) is 2. The second-order valence-corrected chi connectivity index (χ2v) is 15.6. The van der Waals surface area contributed by atoms with Crippen molar-refractivity contribution in [2.45, 2.75) is 76.1 Å². The van der Waals surface area contributed by atoms with Crippen molar-refractivity contribution in [1.29, 1.82) is 0 Å². The molecular weight excluding hydrogens is 664 g/mol. The van der Waals surface area contributed by atoms with Crippen LogP contribution in [0.1, 0.15) is 62.6 Å². The highest BCUT2D eigenvalue weighted by atomic mass is 32.2. The van der Waals surface area contributed by atoms with E-state index in [0.717, 1.165) is 24.3 Å². The summed E-state index contributed by atoms with van der Waals surface area (Å²) < 4.78 is 91.1. The van der Waals surface area contributed by atoms with Crippen molar-refractivity contribution in [3.63, 3.8) is 0 Å². The molecule has 2 fully saturated rings. The Hall–Kier alpha value is -4.01. The van der Waals surface area contributed by atoms with E-state index >= 15 is 4.39 Å². The molecule has 0 radical (unpaired) electrons. The third kappa shape index (κ3) is 8.60. The van der Waals surface area contributed by atoms with Crippen molar-refractivity contribution >= 4 is 27.7 Å². The fourth-order valence-corrected chi connectivity index (χ4v) is 8.34. The van der Waals surface area contributed by atoms with Crippen molar-refractivity contribution in [3.05, 3.63) is 101 Å². The quantitative estimate of drug-likeness (QED) is 0.291. The number of ether oxygens (including phenoxy) is 1. The van der Waals surface area contributed by atoms with Crippen LogP contribution in [-0.4, -0.2) is 72.2 Å². The van der Waals surface area contributed by atoms with E-state index in [1.165, 1.54) is 34.6 Å². The molecule has 2 aliphatic heterocycles. The lowest BCUT2D eigenvalue weighted by Gasteiger charge is -2.44. The summed E-state index contributed by atoms with van der Waals surface area (Å²) >= 11 is 0. The van der Waals surface area contributed by atoms with Gasteiger partial charge < -0.3 is 20.7 Å². The van der Waals surface area contributed by atoms with Crippen molar-refractivity contribution in [2.75, 3.05) is 24.2 Å². The molecule has 3 aromatic carbocycles. The number of piperazine rings is 1. The number of hydrogen-bond acceptors (Lipinski definition) is 6. The smallest absolute Gasteiger partial charge is 0.410 e. The molecule has 5 rings (SSSR count). The first-order valence-electron chi connectivity index (χ1n) is 16.1. The fraction of sp³-hybridized carbons (Fsp3) is 0.429. The lowest BCUT2D eigenvalue weighted by molar-refractivity contribution is -0.117. The topological polar surface area (TPSA) is 122 Å². The zero-order chi connectivity index (χ0) is 35.7. The summed E-state index contributed by atoms with van der Waals surface area (Å²) in [6.07, 6.45) is 0.412. The monoisotopic (exact) mass is 704 g/mol. The molecule has 9 nitrogen and oxygen atoms in total. The zero-order valence-corrected chi connectivity index (χ0v) is 28.3. The van der Waals surface area contributed by atoms with E-state index in [2.05, 4.69) is 5.32 Å². The molecule has 2 aliphatic rings. The van der Waals surface area contributed by atoms with Gasteiger partial charge in [-0.1, -0.05) is 18.2 Å². The van der Waals surface area contributed by atoms with Crippen LogP contribution in [0.3, 0.4) is 0 Å². The van der Waals surface area contributed by atoms with Crippen molar-refractivity contribution in [2.24, 2.45) is 5.73 Å². The van der Waals surface area contributed by atoms with Gasteiger partial charge in [0.25, 0.3) is 0 Å². The number of nitrogens with zero attached hydrogens (tertiary/aromatic N) is 2. The van der Waals surface area contributed by atoms with E-state index in [1.807, 2.05) is 0 Å². The van der Waals surface area contributed by atoms with Crippen LogP contribution in [0.25, 0.3) is 0 Å². The largest absolute Gasteiger partial charge is 0.444 e. The Morgan fingerprint density at radius 2 is 1.63 bits per heavy atom. The Morgan fingerprint density at radius 1 is 0.959 bits per heavy atom. The molecule has 0 aromatic heterocycles. The summed E-state index contributed by atoms with van der Waals surface area (Å²) in [6.45, 7) is 5.37. The number of amides is 2. The number of benzene rings is 3. The van der Waals surface area contributed by atoms with Gasteiger partial charge in [-0.3, -0.25) is 4.79 Å². The lowest BCUT2D eigenvalue weighted by Crippen LogP contribution is -2.60. The van der Waals surface area contributed by atoms with Crippen LogP contribution in [0.15, 0.2) is 60.7 Å². The van der Waals surface area contributed by atoms with Crippen LogP contribution in [0.2, 0.25) is 0 Å². The second kappa shape index (κ2) is 14.5. The molecule has 0 aliphatic carbocycles. The minimum absolute atomic E-state index is 0.0163. The van der Waals surface area contributed by atoms with Gasteiger partial charge in [-0.05, 0) is 94.0 Å². The summed E-state index contributed by atoms with van der Waals surface area (Å²) in [6, 6.07) is 9.25. The fourth-order valence-electron chi connectivity index (χ4n) is 6.55. The maximum absolute atomic E-state index is 15.4. The number of nitrogens with one attached hydrogen (secondary N) is 1. The van der Waals surface area contributed by atoms with Crippen LogP contribution >= 0.6 is 0 Å². The van der Waals surface area contributed by atoms with Crippen LogP contribution < -0.4 is 11.1 Å². The van der Waals surface area contributed by atoms with Gasteiger partial charge in [0, 0.05) is 48.4 Å². The Labute approximate surface area is 283 Å². The van der Waals surface area contributed by atoms with Crippen LogP contribution in [-0.2, 0) is 26.0 Å². The van der Waals surface area contributed by atoms with E-state index in [9.17, 15) is 31.2 Å². The maximum atomic E-state index is 15.4. The van der Waals surface area contributed by atoms with E-state index in [1.54, 1.807) is 25.7 Å². The molecule has 3 N–H and O–H groups in total. The number of fused-ring (bicyclic) bond motifs is 2. The summed E-state index contributed by atoms with van der Waals surface area (Å²) in [5.41, 5.74) is 6.15. The minimum Gasteiger partial charge on any atom is -0.444 e. The van der Waals surface area contributed by atoms with Gasteiger partial charge in [0.1, 0.15) is 28.9 Å². The number of rotatable bonds is 8. The third-order valence-electron chi connectivity index (χ3n) is 8.81. The Balaban J connectivity index is 1.39. The van der Waals surface area contributed by atoms with Gasteiger partial charge in [0.15, 0.2) is 0 Å². The number of halogens is 4. The minimum atomic E-state index is -3.65. The molecule has 3 aromatic rings. The molecule has 5 atom stereocenters. The maximum Gasteiger partial charge on any atom is 0.410 e. The Morgan fingerprint density at radius 3 is 2.29 bits per heavy atom. The standard InChI is InChI=1S/C35H40F4N4O5S/c1-35(2,3)48-34(45)42-19-27(43-20-26(42)6-5-15-49(43,46)47)13-14-28-29(39)7-4-8-30(28)41-33(44)32(40)31(21-9-11-23(36)12-10-21)22-16-24(37)18-25(38)17-22/h4,7-12,16-18,26-27,31-32H,5-6,13-15,19-20,40H2,1-3H3,(H,41,44). The molecule has 0 spiro atoms. The highest BCUT2D eigenvalue weighted by Gasteiger charge is 2.44.